The van der Waals surface area contributed by atoms with Gasteiger partial charge in [0.05, 0.1) is 5.75 Å². The van der Waals surface area contributed by atoms with E-state index < -0.39 is 8.87 Å². The summed E-state index contributed by atoms with van der Waals surface area (Å²) in [5.74, 6) is 0.876. The Labute approximate surface area is 91.0 Å². The maximum atomic E-state index is 11.4. The number of rotatable bonds is 7. The second kappa shape index (κ2) is 6.66. The van der Waals surface area contributed by atoms with Crippen molar-refractivity contribution in [2.45, 2.75) is 0 Å². The van der Waals surface area contributed by atoms with Gasteiger partial charge in [0.25, 0.3) is 0 Å². The molecule has 0 unspecified atom stereocenters. The van der Waals surface area contributed by atoms with Gasteiger partial charge >= 0.3 is 0 Å². The van der Waals surface area contributed by atoms with Crippen molar-refractivity contribution in [3.05, 3.63) is 0 Å². The smallest absolute Gasteiger partial charge is 0.202 e. The molecule has 0 saturated heterocycles. The highest BCUT2D eigenvalue weighted by Gasteiger charge is 2.11. The maximum Gasteiger partial charge on any atom is 0.202 e. The van der Waals surface area contributed by atoms with Crippen molar-refractivity contribution in [2.75, 3.05) is 52.8 Å². The van der Waals surface area contributed by atoms with E-state index in [1.165, 1.54) is 0 Å². The highest BCUT2D eigenvalue weighted by molar-refractivity contribution is 8.72. The maximum absolute atomic E-state index is 11.4. The standard InChI is InChI=1S/C8H20N2O2S2/c1-9(2)5-7-13-14(11,12)8-6-10(3)4/h5-8H2,1-4H3. The molecule has 6 heteroatoms. The SMILES string of the molecule is CN(C)CCSS(=O)(=O)CCN(C)C. The molecule has 0 heterocycles. The van der Waals surface area contributed by atoms with Crippen molar-refractivity contribution in [2.24, 2.45) is 0 Å². The van der Waals surface area contributed by atoms with Crippen LogP contribution in [0.2, 0.25) is 0 Å². The summed E-state index contributed by atoms with van der Waals surface area (Å²) in [6.45, 7) is 1.39. The Morgan fingerprint density at radius 1 is 1.00 bits per heavy atom. The van der Waals surface area contributed by atoms with E-state index in [1.54, 1.807) is 0 Å². The first-order chi connectivity index (χ1) is 6.33. The van der Waals surface area contributed by atoms with Crippen molar-refractivity contribution in [1.29, 1.82) is 0 Å². The lowest BCUT2D eigenvalue weighted by Crippen LogP contribution is -2.21. The number of nitrogens with zero attached hydrogens (tertiary/aromatic N) is 2. The Morgan fingerprint density at radius 3 is 1.93 bits per heavy atom. The van der Waals surface area contributed by atoms with Gasteiger partial charge in [-0.25, -0.2) is 8.42 Å². The molecule has 0 fully saturated rings. The second-order valence-electron chi connectivity index (χ2n) is 3.69. The summed E-state index contributed by atoms with van der Waals surface area (Å²) >= 11 is 0. The van der Waals surface area contributed by atoms with Crippen molar-refractivity contribution in [1.82, 2.24) is 9.80 Å². The highest BCUT2D eigenvalue weighted by atomic mass is 33.1. The summed E-state index contributed by atoms with van der Waals surface area (Å²) in [6.07, 6.45) is 0. The van der Waals surface area contributed by atoms with Crippen LogP contribution in [0.15, 0.2) is 0 Å². The van der Waals surface area contributed by atoms with Gasteiger partial charge in [0.1, 0.15) is 0 Å². The molecule has 0 aliphatic heterocycles. The molecule has 0 radical (unpaired) electrons. The predicted octanol–water partition coefficient (Wildman–Crippen LogP) is 0.173. The molecule has 0 aliphatic rings. The average Bonchev–Trinajstić information content (AvgIpc) is 2.00. The van der Waals surface area contributed by atoms with E-state index in [4.69, 9.17) is 0 Å². The molecule has 0 aromatic carbocycles. The summed E-state index contributed by atoms with van der Waals surface area (Å²) in [5.41, 5.74) is 0. The molecule has 0 rings (SSSR count). The zero-order valence-corrected chi connectivity index (χ0v) is 11.0. The van der Waals surface area contributed by atoms with Crippen LogP contribution in [-0.4, -0.2) is 71.0 Å². The Kier molecular flexibility index (Phi) is 6.76. The topological polar surface area (TPSA) is 40.6 Å². The summed E-state index contributed by atoms with van der Waals surface area (Å²) in [4.78, 5) is 3.86. The molecule has 0 aromatic rings. The van der Waals surface area contributed by atoms with E-state index in [0.717, 1.165) is 17.3 Å². The lowest BCUT2D eigenvalue weighted by molar-refractivity contribution is 0.433. The first kappa shape index (κ1) is 14.2. The van der Waals surface area contributed by atoms with Gasteiger partial charge in [-0.2, -0.15) is 0 Å². The summed E-state index contributed by atoms with van der Waals surface area (Å²) < 4.78 is 22.9. The van der Waals surface area contributed by atoms with Crippen molar-refractivity contribution < 1.29 is 8.42 Å². The van der Waals surface area contributed by atoms with Crippen molar-refractivity contribution in [3.63, 3.8) is 0 Å². The lowest BCUT2D eigenvalue weighted by atomic mass is 10.7. The molecule has 86 valence electrons. The molecule has 14 heavy (non-hydrogen) atoms. The third-order valence-electron chi connectivity index (χ3n) is 1.59. The van der Waals surface area contributed by atoms with Gasteiger partial charge in [0, 0.05) is 18.8 Å². The fourth-order valence-corrected chi connectivity index (χ4v) is 3.66. The zero-order valence-electron chi connectivity index (χ0n) is 9.36. The van der Waals surface area contributed by atoms with Crippen LogP contribution in [0.4, 0.5) is 0 Å². The van der Waals surface area contributed by atoms with Gasteiger partial charge in [0.15, 0.2) is 0 Å². The fraction of sp³-hybridized carbons (Fsp3) is 1.00. The Balaban J connectivity index is 3.73. The third kappa shape index (κ3) is 8.80. The van der Waals surface area contributed by atoms with Gasteiger partial charge in [-0.3, -0.25) is 0 Å². The molecule has 0 amide bonds. The van der Waals surface area contributed by atoms with Gasteiger partial charge in [-0.05, 0) is 39.0 Å². The monoisotopic (exact) mass is 240 g/mol. The van der Waals surface area contributed by atoms with Gasteiger partial charge in [-0.1, -0.05) is 0 Å². The molecule has 0 N–H and O–H groups in total. The quantitative estimate of drug-likeness (QED) is 0.594. The molecule has 0 spiro atoms. The van der Waals surface area contributed by atoms with E-state index in [9.17, 15) is 8.42 Å². The fourth-order valence-electron chi connectivity index (χ4n) is 0.700. The minimum absolute atomic E-state index is 0.234. The van der Waals surface area contributed by atoms with Crippen molar-refractivity contribution >= 4 is 19.7 Å². The Hall–Kier alpha value is 0.220. The van der Waals surface area contributed by atoms with E-state index >= 15 is 0 Å². The summed E-state index contributed by atoms with van der Waals surface area (Å²) in [5, 5.41) is 0. The van der Waals surface area contributed by atoms with Gasteiger partial charge in [0.2, 0.25) is 8.87 Å². The highest BCUT2D eigenvalue weighted by Crippen LogP contribution is 2.12. The molecule has 0 saturated carbocycles. The van der Waals surface area contributed by atoms with Gasteiger partial charge < -0.3 is 9.80 Å². The predicted molar refractivity (Wildman–Crippen MR) is 63.4 cm³/mol. The Morgan fingerprint density at radius 2 is 1.50 bits per heavy atom. The van der Waals surface area contributed by atoms with E-state index in [1.807, 2.05) is 38.0 Å². The minimum Gasteiger partial charge on any atom is -0.309 e. The van der Waals surface area contributed by atoms with Crippen LogP contribution >= 0.6 is 10.8 Å². The number of hydrogen-bond donors (Lipinski definition) is 0. The molecule has 0 aliphatic carbocycles. The van der Waals surface area contributed by atoms with Crippen molar-refractivity contribution in [3.8, 4) is 0 Å². The molecule has 4 nitrogen and oxygen atoms in total. The van der Waals surface area contributed by atoms with Crippen LogP contribution in [0.3, 0.4) is 0 Å². The van der Waals surface area contributed by atoms with Crippen LogP contribution in [0.25, 0.3) is 0 Å². The third-order valence-corrected chi connectivity index (χ3v) is 5.06. The molecule has 0 bridgehead atoms. The van der Waals surface area contributed by atoms with Crippen LogP contribution in [0.1, 0.15) is 0 Å². The molecular formula is C8H20N2O2S2. The van der Waals surface area contributed by atoms with Crippen LogP contribution in [0.5, 0.6) is 0 Å². The zero-order chi connectivity index (χ0) is 11.2. The Bertz CT molecular complexity index is 238. The van der Waals surface area contributed by atoms with Crippen LogP contribution in [0, 0.1) is 0 Å². The van der Waals surface area contributed by atoms with E-state index in [2.05, 4.69) is 0 Å². The van der Waals surface area contributed by atoms with Gasteiger partial charge in [-0.15, -0.1) is 0 Å². The normalized spacial score (nSPS) is 12.7. The summed E-state index contributed by atoms with van der Waals surface area (Å²) in [7, 11) is 5.75. The lowest BCUT2D eigenvalue weighted by Gasteiger charge is -2.11. The molecular weight excluding hydrogens is 220 g/mol. The largest absolute Gasteiger partial charge is 0.309 e. The summed E-state index contributed by atoms with van der Waals surface area (Å²) in [6, 6.07) is 0. The van der Waals surface area contributed by atoms with E-state index in [0.29, 0.717) is 12.3 Å². The molecule has 0 atom stereocenters. The second-order valence-corrected chi connectivity index (χ2v) is 8.09. The molecule has 0 aromatic heterocycles. The van der Waals surface area contributed by atoms with Crippen LogP contribution in [-0.2, 0) is 8.87 Å². The average molecular weight is 240 g/mol. The number of hydrogen-bond acceptors (Lipinski definition) is 5. The first-order valence-electron chi connectivity index (χ1n) is 4.50. The minimum atomic E-state index is -2.92. The van der Waals surface area contributed by atoms with Crippen LogP contribution < -0.4 is 0 Å². The van der Waals surface area contributed by atoms with E-state index in [-0.39, 0.29) is 5.75 Å². The first-order valence-corrected chi connectivity index (χ1v) is 7.65.